The molecule has 3 aromatic rings. The fourth-order valence-corrected chi connectivity index (χ4v) is 2.87. The standard InChI is InChI=1S/C15H8BrCl2N3O2/c16-12-4-2-1-3-11(12)13(22)19-15-21-20-14(23-15)8-5-9(17)7-10(18)6-8/h1-7H,(H,19,21,22). The van der Waals surface area contributed by atoms with Gasteiger partial charge in [0.05, 0.1) is 5.56 Å². The minimum absolute atomic E-state index is 0.0168. The summed E-state index contributed by atoms with van der Waals surface area (Å²) in [5, 5.41) is 11.1. The van der Waals surface area contributed by atoms with Gasteiger partial charge in [-0.2, -0.15) is 0 Å². The molecule has 0 fully saturated rings. The van der Waals surface area contributed by atoms with Crippen molar-refractivity contribution in [1.29, 1.82) is 0 Å². The molecule has 0 saturated heterocycles. The largest absolute Gasteiger partial charge is 0.403 e. The number of hydrogen-bond donors (Lipinski definition) is 1. The zero-order valence-electron chi connectivity index (χ0n) is 11.4. The zero-order valence-corrected chi connectivity index (χ0v) is 14.5. The van der Waals surface area contributed by atoms with E-state index in [1.165, 1.54) is 0 Å². The van der Waals surface area contributed by atoms with Gasteiger partial charge in [-0.3, -0.25) is 10.1 Å². The van der Waals surface area contributed by atoms with Crippen molar-refractivity contribution in [2.24, 2.45) is 0 Å². The molecule has 0 aliphatic rings. The lowest BCUT2D eigenvalue weighted by atomic mass is 10.2. The lowest BCUT2D eigenvalue weighted by Gasteiger charge is -2.02. The molecule has 1 aromatic heterocycles. The minimum Gasteiger partial charge on any atom is -0.403 e. The Bertz CT molecular complexity index is 862. The molecule has 0 aliphatic heterocycles. The van der Waals surface area contributed by atoms with Gasteiger partial charge in [-0.25, -0.2) is 0 Å². The summed E-state index contributed by atoms with van der Waals surface area (Å²) in [6, 6.07) is 11.9. The van der Waals surface area contributed by atoms with Crippen LogP contribution in [0.15, 0.2) is 51.4 Å². The molecular weight excluding hydrogens is 405 g/mol. The smallest absolute Gasteiger partial charge is 0.322 e. The summed E-state index contributed by atoms with van der Waals surface area (Å²) in [5.41, 5.74) is 1.02. The Labute approximate surface area is 149 Å². The van der Waals surface area contributed by atoms with E-state index in [1.807, 2.05) is 6.07 Å². The zero-order chi connectivity index (χ0) is 16.4. The number of nitrogens with one attached hydrogen (secondary N) is 1. The van der Waals surface area contributed by atoms with Crippen LogP contribution < -0.4 is 5.32 Å². The van der Waals surface area contributed by atoms with Crippen LogP contribution in [0.2, 0.25) is 10.0 Å². The van der Waals surface area contributed by atoms with E-state index in [0.717, 1.165) is 0 Å². The van der Waals surface area contributed by atoms with Gasteiger partial charge in [0.25, 0.3) is 5.91 Å². The van der Waals surface area contributed by atoms with Crippen LogP contribution in [0.3, 0.4) is 0 Å². The van der Waals surface area contributed by atoms with Crippen molar-refractivity contribution in [2.75, 3.05) is 5.32 Å². The number of rotatable bonds is 3. The van der Waals surface area contributed by atoms with Crippen LogP contribution in [0, 0.1) is 0 Å². The molecule has 0 spiro atoms. The Morgan fingerprint density at radius 1 is 1.09 bits per heavy atom. The third-order valence-electron chi connectivity index (χ3n) is 2.87. The Kier molecular flexibility index (Phi) is 4.66. The summed E-state index contributed by atoms with van der Waals surface area (Å²) in [6.45, 7) is 0. The van der Waals surface area contributed by atoms with Gasteiger partial charge in [0.15, 0.2) is 0 Å². The molecule has 0 atom stereocenters. The molecule has 5 nitrogen and oxygen atoms in total. The van der Waals surface area contributed by atoms with Crippen LogP contribution >= 0.6 is 39.1 Å². The average Bonchev–Trinajstić information content (AvgIpc) is 2.95. The topological polar surface area (TPSA) is 68.0 Å². The molecule has 0 aliphatic carbocycles. The quantitative estimate of drug-likeness (QED) is 0.652. The second-order valence-corrected chi connectivity index (χ2v) is 6.23. The maximum atomic E-state index is 12.2. The monoisotopic (exact) mass is 411 g/mol. The van der Waals surface area contributed by atoms with E-state index < -0.39 is 0 Å². The third-order valence-corrected chi connectivity index (χ3v) is 4.00. The van der Waals surface area contributed by atoms with Crippen molar-refractivity contribution in [3.05, 3.63) is 62.5 Å². The SMILES string of the molecule is O=C(Nc1nnc(-c2cc(Cl)cc(Cl)c2)o1)c1ccccc1Br. The van der Waals surface area contributed by atoms with Crippen molar-refractivity contribution >= 4 is 51.1 Å². The molecule has 3 rings (SSSR count). The van der Waals surface area contributed by atoms with Gasteiger partial charge in [0, 0.05) is 20.1 Å². The number of anilines is 1. The van der Waals surface area contributed by atoms with E-state index in [0.29, 0.717) is 25.6 Å². The lowest BCUT2D eigenvalue weighted by Crippen LogP contribution is -2.12. The van der Waals surface area contributed by atoms with E-state index in [9.17, 15) is 4.79 Å². The fraction of sp³-hybridized carbons (Fsp3) is 0. The number of halogens is 3. The van der Waals surface area contributed by atoms with Gasteiger partial charge in [-0.05, 0) is 46.3 Å². The first-order valence-corrected chi connectivity index (χ1v) is 7.93. The highest BCUT2D eigenvalue weighted by molar-refractivity contribution is 9.10. The number of amides is 1. The first kappa shape index (κ1) is 16.0. The highest BCUT2D eigenvalue weighted by atomic mass is 79.9. The molecular formula is C15H8BrCl2N3O2. The maximum Gasteiger partial charge on any atom is 0.322 e. The van der Waals surface area contributed by atoms with Gasteiger partial charge in [0.1, 0.15) is 0 Å². The summed E-state index contributed by atoms with van der Waals surface area (Å²) in [6.07, 6.45) is 0. The predicted molar refractivity (Wildman–Crippen MR) is 91.8 cm³/mol. The van der Waals surface area contributed by atoms with Gasteiger partial charge in [-0.1, -0.05) is 40.4 Å². The van der Waals surface area contributed by atoms with E-state index in [1.54, 1.807) is 36.4 Å². The Morgan fingerprint density at radius 3 is 2.48 bits per heavy atom. The normalized spacial score (nSPS) is 10.6. The Morgan fingerprint density at radius 2 is 1.78 bits per heavy atom. The lowest BCUT2D eigenvalue weighted by molar-refractivity contribution is 0.102. The molecule has 116 valence electrons. The minimum atomic E-state index is -0.364. The fourth-order valence-electron chi connectivity index (χ4n) is 1.88. The van der Waals surface area contributed by atoms with E-state index in [-0.39, 0.29) is 17.8 Å². The Balaban J connectivity index is 1.82. The number of aromatic nitrogens is 2. The maximum absolute atomic E-state index is 12.2. The number of benzene rings is 2. The van der Waals surface area contributed by atoms with Crippen LogP contribution in [0.1, 0.15) is 10.4 Å². The summed E-state index contributed by atoms with van der Waals surface area (Å²) in [5.74, 6) is -0.159. The first-order valence-electron chi connectivity index (χ1n) is 6.39. The van der Waals surface area contributed by atoms with E-state index in [4.69, 9.17) is 27.6 Å². The molecule has 0 bridgehead atoms. The van der Waals surface area contributed by atoms with Crippen LogP contribution in [-0.2, 0) is 0 Å². The van der Waals surface area contributed by atoms with Crippen LogP contribution in [-0.4, -0.2) is 16.1 Å². The van der Waals surface area contributed by atoms with Crippen LogP contribution in [0.5, 0.6) is 0 Å². The van der Waals surface area contributed by atoms with Gasteiger partial charge >= 0.3 is 6.01 Å². The molecule has 0 unspecified atom stereocenters. The molecule has 23 heavy (non-hydrogen) atoms. The summed E-state index contributed by atoms with van der Waals surface area (Å²) in [4.78, 5) is 12.2. The Hall–Kier alpha value is -1.89. The van der Waals surface area contributed by atoms with E-state index >= 15 is 0 Å². The van der Waals surface area contributed by atoms with Crippen molar-refractivity contribution in [2.45, 2.75) is 0 Å². The number of carbonyl (C=O) groups excluding carboxylic acids is 1. The number of carbonyl (C=O) groups is 1. The first-order chi connectivity index (χ1) is 11.0. The highest BCUT2D eigenvalue weighted by Gasteiger charge is 2.15. The average molecular weight is 413 g/mol. The van der Waals surface area contributed by atoms with E-state index in [2.05, 4.69) is 31.4 Å². The van der Waals surface area contributed by atoms with Gasteiger partial charge in [-0.15, -0.1) is 5.10 Å². The molecule has 1 heterocycles. The van der Waals surface area contributed by atoms with Crippen LogP contribution in [0.25, 0.3) is 11.5 Å². The molecule has 0 saturated carbocycles. The van der Waals surface area contributed by atoms with Crippen molar-refractivity contribution < 1.29 is 9.21 Å². The van der Waals surface area contributed by atoms with Crippen molar-refractivity contribution in [3.8, 4) is 11.5 Å². The van der Waals surface area contributed by atoms with Crippen molar-refractivity contribution in [1.82, 2.24) is 10.2 Å². The third kappa shape index (κ3) is 3.72. The number of nitrogens with zero attached hydrogens (tertiary/aromatic N) is 2. The molecule has 1 amide bonds. The number of hydrogen-bond acceptors (Lipinski definition) is 4. The highest BCUT2D eigenvalue weighted by Crippen LogP contribution is 2.27. The van der Waals surface area contributed by atoms with Crippen molar-refractivity contribution in [3.63, 3.8) is 0 Å². The second kappa shape index (κ2) is 6.70. The molecule has 8 heteroatoms. The predicted octanol–water partition coefficient (Wildman–Crippen LogP) is 5.06. The molecule has 2 aromatic carbocycles. The van der Waals surface area contributed by atoms with Gasteiger partial charge < -0.3 is 4.42 Å². The summed E-state index contributed by atoms with van der Waals surface area (Å²) >= 11 is 15.2. The molecule has 0 radical (unpaired) electrons. The summed E-state index contributed by atoms with van der Waals surface area (Å²) < 4.78 is 6.09. The summed E-state index contributed by atoms with van der Waals surface area (Å²) in [7, 11) is 0. The second-order valence-electron chi connectivity index (χ2n) is 4.50. The van der Waals surface area contributed by atoms with Gasteiger partial charge in [0.2, 0.25) is 5.89 Å². The van der Waals surface area contributed by atoms with Crippen LogP contribution in [0.4, 0.5) is 6.01 Å². The molecule has 1 N–H and O–H groups in total.